The fraction of sp³-hybridized carbons (Fsp3) is 0.286. The highest BCUT2D eigenvalue weighted by atomic mass is 32.2. The molecule has 1 unspecified atom stereocenters. The van der Waals surface area contributed by atoms with Crippen molar-refractivity contribution in [2.75, 3.05) is 13.2 Å². The molecule has 200 valence electrons. The first-order valence-corrected chi connectivity index (χ1v) is 14.7. The zero-order valence-electron chi connectivity index (χ0n) is 22.3. The van der Waals surface area contributed by atoms with Crippen LogP contribution >= 0.6 is 11.8 Å². The topological polar surface area (TPSA) is 35.5 Å². The largest absolute Gasteiger partial charge is 0.459 e. The molecular weight excluding hydrogens is 500 g/mol. The third-order valence-corrected chi connectivity index (χ3v) is 8.80. The first-order valence-electron chi connectivity index (χ1n) is 13.8. The average Bonchev–Trinajstić information content (AvgIpc) is 3.16. The maximum absolute atomic E-state index is 13.7. The molecule has 39 heavy (non-hydrogen) atoms. The van der Waals surface area contributed by atoms with Crippen LogP contribution in [-0.2, 0) is 27.1 Å². The summed E-state index contributed by atoms with van der Waals surface area (Å²) in [5.74, 6) is -0.173. The lowest BCUT2D eigenvalue weighted by molar-refractivity contribution is -0.160. The van der Waals surface area contributed by atoms with Crippen molar-refractivity contribution in [3.63, 3.8) is 0 Å². The predicted octanol–water partition coefficient (Wildman–Crippen LogP) is 8.10. The van der Waals surface area contributed by atoms with E-state index in [0.29, 0.717) is 19.6 Å². The molecule has 0 bridgehead atoms. The van der Waals surface area contributed by atoms with Gasteiger partial charge in [-0.05, 0) is 54.5 Å². The molecule has 0 spiro atoms. The van der Waals surface area contributed by atoms with Gasteiger partial charge in [0, 0.05) is 22.2 Å². The Labute approximate surface area is 236 Å². The fourth-order valence-corrected chi connectivity index (χ4v) is 6.76. The van der Waals surface area contributed by atoms with Crippen LogP contribution in [0.5, 0.6) is 0 Å². The molecule has 1 aliphatic rings. The van der Waals surface area contributed by atoms with Crippen molar-refractivity contribution in [2.45, 2.75) is 48.4 Å². The van der Waals surface area contributed by atoms with Crippen LogP contribution in [0.3, 0.4) is 0 Å². The van der Waals surface area contributed by atoms with E-state index < -0.39 is 0 Å². The molecule has 4 aromatic carbocycles. The number of benzene rings is 4. The zero-order chi connectivity index (χ0) is 26.8. The first kappa shape index (κ1) is 27.2. The number of hydrogen-bond acceptors (Lipinski definition) is 4. The standard InChI is InChI=1S/C35H36O3S/c36-34(24-32(30-18-9-3-10-19-30)39-31-20-11-4-12-21-31)38-33-27-37-23-13-22-35(33,25-28-14-5-1-6-15-28)26-29-16-7-2-8-17-29/h1-12,14-21,32-33H,13,22-27H2/t32?,33-/m1/s1. The van der Waals surface area contributed by atoms with Gasteiger partial charge in [-0.25, -0.2) is 0 Å². The SMILES string of the molecule is O=C(CC(Sc1ccccc1)c1ccccc1)O[C@@H]1COCCCC1(Cc1ccccc1)Cc1ccccc1. The summed E-state index contributed by atoms with van der Waals surface area (Å²) in [7, 11) is 0. The van der Waals surface area contributed by atoms with Crippen LogP contribution in [0.4, 0.5) is 0 Å². The van der Waals surface area contributed by atoms with E-state index >= 15 is 0 Å². The number of carbonyl (C=O) groups excluding carboxylic acids is 1. The van der Waals surface area contributed by atoms with E-state index in [1.54, 1.807) is 11.8 Å². The van der Waals surface area contributed by atoms with Gasteiger partial charge in [0.25, 0.3) is 0 Å². The van der Waals surface area contributed by atoms with Crippen LogP contribution in [0, 0.1) is 5.41 Å². The molecule has 2 atom stereocenters. The van der Waals surface area contributed by atoms with Gasteiger partial charge in [0.05, 0.1) is 13.0 Å². The number of ether oxygens (including phenoxy) is 2. The van der Waals surface area contributed by atoms with E-state index in [9.17, 15) is 4.79 Å². The van der Waals surface area contributed by atoms with E-state index in [2.05, 4.69) is 84.9 Å². The molecule has 1 saturated heterocycles. The summed E-state index contributed by atoms with van der Waals surface area (Å²) < 4.78 is 12.5. The molecular formula is C35H36O3S. The number of thioether (sulfide) groups is 1. The van der Waals surface area contributed by atoms with Crippen molar-refractivity contribution >= 4 is 17.7 Å². The van der Waals surface area contributed by atoms with E-state index in [1.807, 2.05) is 36.4 Å². The minimum Gasteiger partial charge on any atom is -0.459 e. The van der Waals surface area contributed by atoms with Gasteiger partial charge in [-0.15, -0.1) is 11.8 Å². The second kappa shape index (κ2) is 13.6. The van der Waals surface area contributed by atoms with Crippen LogP contribution in [0.1, 0.15) is 41.2 Å². The van der Waals surface area contributed by atoms with Gasteiger partial charge < -0.3 is 9.47 Å². The van der Waals surface area contributed by atoms with Crippen LogP contribution in [0.15, 0.2) is 126 Å². The molecule has 0 aliphatic carbocycles. The highest BCUT2D eigenvalue weighted by molar-refractivity contribution is 7.99. The maximum atomic E-state index is 13.7. The predicted molar refractivity (Wildman–Crippen MR) is 159 cm³/mol. The Balaban J connectivity index is 1.40. The Morgan fingerprint density at radius 2 is 1.33 bits per heavy atom. The van der Waals surface area contributed by atoms with E-state index in [-0.39, 0.29) is 22.7 Å². The Morgan fingerprint density at radius 1 is 0.795 bits per heavy atom. The number of rotatable bonds is 10. The van der Waals surface area contributed by atoms with Gasteiger partial charge in [-0.2, -0.15) is 0 Å². The van der Waals surface area contributed by atoms with Crippen molar-refractivity contribution < 1.29 is 14.3 Å². The number of carbonyl (C=O) groups is 1. The van der Waals surface area contributed by atoms with Gasteiger partial charge >= 0.3 is 5.97 Å². The van der Waals surface area contributed by atoms with E-state index in [4.69, 9.17) is 9.47 Å². The summed E-state index contributed by atoms with van der Waals surface area (Å²) in [5.41, 5.74) is 3.40. The normalized spacial score (nSPS) is 17.6. The molecule has 5 rings (SSSR count). The quantitative estimate of drug-likeness (QED) is 0.152. The van der Waals surface area contributed by atoms with Gasteiger partial charge in [-0.3, -0.25) is 4.79 Å². The first-order chi connectivity index (χ1) is 19.2. The van der Waals surface area contributed by atoms with Crippen molar-refractivity contribution in [1.82, 2.24) is 0 Å². The van der Waals surface area contributed by atoms with E-state index in [0.717, 1.165) is 36.1 Å². The van der Waals surface area contributed by atoms with Gasteiger partial charge in [-0.1, -0.05) is 109 Å². The molecule has 4 aromatic rings. The highest BCUT2D eigenvalue weighted by Gasteiger charge is 2.43. The molecule has 4 heteroatoms. The summed E-state index contributed by atoms with van der Waals surface area (Å²) in [6.07, 6.45) is 3.54. The Morgan fingerprint density at radius 3 is 1.92 bits per heavy atom. The third kappa shape index (κ3) is 7.62. The second-order valence-electron chi connectivity index (χ2n) is 10.4. The molecule has 0 amide bonds. The van der Waals surface area contributed by atoms with Crippen molar-refractivity contribution in [3.8, 4) is 0 Å². The third-order valence-electron chi connectivity index (χ3n) is 7.53. The maximum Gasteiger partial charge on any atom is 0.307 e. The summed E-state index contributed by atoms with van der Waals surface area (Å²) in [5, 5.41) is -0.0366. The Kier molecular flexibility index (Phi) is 9.52. The molecule has 1 heterocycles. The van der Waals surface area contributed by atoms with Gasteiger partial charge in [0.1, 0.15) is 6.10 Å². The molecule has 1 fully saturated rings. The number of hydrogen-bond donors (Lipinski definition) is 0. The van der Waals surface area contributed by atoms with Gasteiger partial charge in [0.2, 0.25) is 0 Å². The summed E-state index contributed by atoms with van der Waals surface area (Å²) in [6, 6.07) is 41.7. The molecule has 0 aromatic heterocycles. The minimum absolute atomic E-state index is 0.0366. The minimum atomic E-state index is -0.328. The fourth-order valence-electron chi connectivity index (χ4n) is 5.60. The molecule has 0 N–H and O–H groups in total. The summed E-state index contributed by atoms with van der Waals surface area (Å²) >= 11 is 1.71. The molecule has 3 nitrogen and oxygen atoms in total. The lowest BCUT2D eigenvalue weighted by Crippen LogP contribution is -2.44. The lowest BCUT2D eigenvalue weighted by Gasteiger charge is -2.39. The number of esters is 1. The molecule has 0 radical (unpaired) electrons. The highest BCUT2D eigenvalue weighted by Crippen LogP contribution is 2.42. The second-order valence-corrected chi connectivity index (χ2v) is 11.7. The smallest absolute Gasteiger partial charge is 0.307 e. The Hall–Kier alpha value is -3.34. The van der Waals surface area contributed by atoms with E-state index in [1.165, 1.54) is 11.1 Å². The molecule has 0 saturated carbocycles. The zero-order valence-corrected chi connectivity index (χ0v) is 23.1. The van der Waals surface area contributed by atoms with Crippen molar-refractivity contribution in [1.29, 1.82) is 0 Å². The summed E-state index contributed by atoms with van der Waals surface area (Å²) in [4.78, 5) is 14.8. The summed E-state index contributed by atoms with van der Waals surface area (Å²) in [6.45, 7) is 1.11. The average molecular weight is 537 g/mol. The van der Waals surface area contributed by atoms with Crippen molar-refractivity contribution in [2.24, 2.45) is 5.41 Å². The van der Waals surface area contributed by atoms with Crippen molar-refractivity contribution in [3.05, 3.63) is 138 Å². The lowest BCUT2D eigenvalue weighted by atomic mass is 9.69. The molecule has 1 aliphatic heterocycles. The van der Waals surface area contributed by atoms with Crippen LogP contribution in [0.25, 0.3) is 0 Å². The Bertz CT molecular complexity index is 1240. The van der Waals surface area contributed by atoms with Gasteiger partial charge in [0.15, 0.2) is 0 Å². The van der Waals surface area contributed by atoms with Crippen LogP contribution < -0.4 is 0 Å². The van der Waals surface area contributed by atoms with Crippen LogP contribution in [0.2, 0.25) is 0 Å². The van der Waals surface area contributed by atoms with Crippen LogP contribution in [-0.4, -0.2) is 25.3 Å². The monoisotopic (exact) mass is 536 g/mol.